The van der Waals surface area contributed by atoms with E-state index < -0.39 is 0 Å². The third kappa shape index (κ3) is 4.39. The molecule has 8 heteroatoms. The van der Waals surface area contributed by atoms with Crippen LogP contribution in [0.3, 0.4) is 0 Å². The van der Waals surface area contributed by atoms with Gasteiger partial charge in [0.25, 0.3) is 0 Å². The van der Waals surface area contributed by atoms with Crippen molar-refractivity contribution in [1.29, 1.82) is 0 Å². The minimum absolute atomic E-state index is 0.146. The Balaban J connectivity index is 1.18. The third-order valence-electron chi connectivity index (χ3n) is 9.85. The number of amides is 1. The number of imidazole rings is 1. The van der Waals surface area contributed by atoms with Crippen LogP contribution >= 0.6 is 0 Å². The lowest BCUT2D eigenvalue weighted by Gasteiger charge is -2.39. The molecule has 2 aromatic heterocycles. The molecule has 41 heavy (non-hydrogen) atoms. The van der Waals surface area contributed by atoms with Crippen LogP contribution in [-0.2, 0) is 24.2 Å². The van der Waals surface area contributed by atoms with Crippen molar-refractivity contribution in [2.45, 2.75) is 78.0 Å². The number of likely N-dealkylation sites (N-methyl/N-ethyl adjacent to an activating group) is 1. The van der Waals surface area contributed by atoms with Crippen LogP contribution in [0.2, 0.25) is 0 Å². The highest BCUT2D eigenvalue weighted by atomic mass is 16.2. The maximum absolute atomic E-state index is 13.8. The van der Waals surface area contributed by atoms with Crippen LogP contribution in [0.5, 0.6) is 0 Å². The summed E-state index contributed by atoms with van der Waals surface area (Å²) in [6.07, 6.45) is 3.77. The number of hydrogen-bond acceptors (Lipinski definition) is 5. The monoisotopic (exact) mass is 551 g/mol. The molecule has 2 bridgehead atoms. The van der Waals surface area contributed by atoms with Crippen molar-refractivity contribution in [1.82, 2.24) is 34.9 Å². The molecule has 3 aliphatic heterocycles. The Morgan fingerprint density at radius 3 is 2.63 bits per heavy atom. The van der Waals surface area contributed by atoms with Crippen molar-refractivity contribution < 1.29 is 4.79 Å². The minimum atomic E-state index is -0.146. The van der Waals surface area contributed by atoms with Gasteiger partial charge in [-0.25, -0.2) is 4.98 Å². The number of aromatic amines is 2. The van der Waals surface area contributed by atoms with Crippen LogP contribution in [0.25, 0.3) is 33.5 Å². The Morgan fingerprint density at radius 1 is 1.07 bits per heavy atom. The van der Waals surface area contributed by atoms with Crippen molar-refractivity contribution in [3.63, 3.8) is 0 Å². The van der Waals surface area contributed by atoms with Crippen molar-refractivity contribution in [2.24, 2.45) is 0 Å². The second-order valence-corrected chi connectivity index (χ2v) is 12.5. The highest BCUT2D eigenvalue weighted by Crippen LogP contribution is 2.35. The zero-order valence-electron chi connectivity index (χ0n) is 24.9. The van der Waals surface area contributed by atoms with Crippen LogP contribution in [0.15, 0.2) is 30.3 Å². The largest absolute Gasteiger partial charge is 0.339 e. The lowest BCUT2D eigenvalue weighted by molar-refractivity contribution is -0.140. The van der Waals surface area contributed by atoms with Gasteiger partial charge in [-0.3, -0.25) is 19.7 Å². The summed E-state index contributed by atoms with van der Waals surface area (Å²) in [4.78, 5) is 29.4. The van der Waals surface area contributed by atoms with E-state index in [9.17, 15) is 4.79 Å². The average molecular weight is 552 g/mol. The first-order valence-electron chi connectivity index (χ1n) is 15.3. The van der Waals surface area contributed by atoms with Crippen LogP contribution in [-0.4, -0.2) is 85.6 Å². The summed E-state index contributed by atoms with van der Waals surface area (Å²) in [5.41, 5.74) is 10.4. The summed E-state index contributed by atoms with van der Waals surface area (Å²) >= 11 is 0. The van der Waals surface area contributed by atoms with Gasteiger partial charge in [-0.05, 0) is 86.7 Å². The molecule has 0 saturated carbocycles. The molecule has 1 amide bonds. The highest BCUT2D eigenvalue weighted by Gasteiger charge is 2.46. The zero-order chi connectivity index (χ0) is 28.4. The number of fused-ring (bicyclic) bond motifs is 4. The van der Waals surface area contributed by atoms with E-state index in [2.05, 4.69) is 89.9 Å². The lowest BCUT2D eigenvalue weighted by atomic mass is 9.93. The number of hydrogen-bond donors (Lipinski definition) is 2. The number of H-pyrrole nitrogens is 2. The molecule has 2 aromatic carbocycles. The lowest BCUT2D eigenvalue weighted by Crippen LogP contribution is -2.56. The van der Waals surface area contributed by atoms with Gasteiger partial charge < -0.3 is 9.88 Å². The molecule has 0 spiro atoms. The van der Waals surface area contributed by atoms with E-state index in [1.54, 1.807) is 0 Å². The van der Waals surface area contributed by atoms with Crippen molar-refractivity contribution >= 4 is 16.8 Å². The van der Waals surface area contributed by atoms with E-state index >= 15 is 0 Å². The Bertz CT molecular complexity index is 1630. The minimum Gasteiger partial charge on any atom is -0.339 e. The quantitative estimate of drug-likeness (QED) is 0.358. The summed E-state index contributed by atoms with van der Waals surface area (Å²) in [6, 6.07) is 11.9. The molecule has 2 N–H and O–H groups in total. The molecule has 2 saturated heterocycles. The Morgan fingerprint density at radius 2 is 1.90 bits per heavy atom. The maximum Gasteiger partial charge on any atom is 0.240 e. The Hall–Kier alpha value is -3.49. The number of piperazine rings is 1. The van der Waals surface area contributed by atoms with E-state index in [1.165, 1.54) is 27.8 Å². The maximum atomic E-state index is 13.8. The van der Waals surface area contributed by atoms with Crippen molar-refractivity contribution in [3.05, 3.63) is 58.4 Å². The molecule has 2 fully saturated rings. The van der Waals surface area contributed by atoms with Crippen LogP contribution < -0.4 is 0 Å². The number of nitrogens with one attached hydrogen (secondary N) is 2. The van der Waals surface area contributed by atoms with Crippen LogP contribution in [0.4, 0.5) is 0 Å². The molecule has 5 heterocycles. The van der Waals surface area contributed by atoms with E-state index in [1.807, 2.05) is 0 Å². The number of nitrogens with zero attached hydrogens (tertiary/aromatic N) is 5. The predicted octanol–water partition coefficient (Wildman–Crippen LogP) is 4.85. The standard InChI is InChI=1S/C33H41N7O/c1-6-10-39-18-29-28(15-30(39)33(41)40-17-23-14-24(40)16-38(23)5)34-32(35-29)31-25-9-8-22(13-27(25)36-37-31)26-12-20(4)19(3)11-21(26)7-2/h8-9,11-13,23-24,30H,6-7,10,14-18H2,1-5H3,(H,34,35)(H,36,37)/t23-,24-,30-/m0/s1. The van der Waals surface area contributed by atoms with Gasteiger partial charge in [-0.15, -0.1) is 0 Å². The normalized spacial score (nSPS) is 22.7. The molecule has 0 radical (unpaired) electrons. The molecule has 3 aliphatic rings. The highest BCUT2D eigenvalue weighted by molar-refractivity contribution is 5.94. The second-order valence-electron chi connectivity index (χ2n) is 12.5. The van der Waals surface area contributed by atoms with Gasteiger partial charge >= 0.3 is 0 Å². The fourth-order valence-corrected chi connectivity index (χ4v) is 7.38. The number of likely N-dealkylation sites (tertiary alicyclic amines) is 2. The Labute approximate surface area is 242 Å². The summed E-state index contributed by atoms with van der Waals surface area (Å²) in [5.74, 6) is 1.06. The van der Waals surface area contributed by atoms with E-state index in [0.29, 0.717) is 25.0 Å². The molecule has 0 unspecified atom stereocenters. The molecule has 7 rings (SSSR count). The van der Waals surface area contributed by atoms with Gasteiger partial charge in [-0.2, -0.15) is 5.10 Å². The number of benzene rings is 2. The van der Waals surface area contributed by atoms with Gasteiger partial charge in [0.2, 0.25) is 5.91 Å². The molecular weight excluding hydrogens is 510 g/mol. The molecule has 0 aliphatic carbocycles. The van der Waals surface area contributed by atoms with Crippen LogP contribution in [0, 0.1) is 13.8 Å². The van der Waals surface area contributed by atoms with Gasteiger partial charge in [0, 0.05) is 43.5 Å². The van der Waals surface area contributed by atoms with Gasteiger partial charge in [0.15, 0.2) is 5.82 Å². The fourth-order valence-electron chi connectivity index (χ4n) is 7.38. The van der Waals surface area contributed by atoms with Gasteiger partial charge in [0.05, 0.1) is 22.9 Å². The summed E-state index contributed by atoms with van der Waals surface area (Å²) in [7, 11) is 2.18. The number of rotatable bonds is 6. The zero-order valence-corrected chi connectivity index (χ0v) is 24.9. The topological polar surface area (TPSA) is 84.1 Å². The predicted molar refractivity (Wildman–Crippen MR) is 163 cm³/mol. The number of aromatic nitrogens is 4. The molecule has 3 atom stereocenters. The van der Waals surface area contributed by atoms with Gasteiger partial charge in [-0.1, -0.05) is 32.0 Å². The van der Waals surface area contributed by atoms with Crippen molar-refractivity contribution in [3.8, 4) is 22.6 Å². The van der Waals surface area contributed by atoms with Crippen molar-refractivity contribution in [2.75, 3.05) is 26.7 Å². The van der Waals surface area contributed by atoms with Crippen LogP contribution in [0.1, 0.15) is 54.8 Å². The first kappa shape index (κ1) is 26.4. The molecule has 4 aromatic rings. The third-order valence-corrected chi connectivity index (χ3v) is 9.85. The van der Waals surface area contributed by atoms with E-state index in [0.717, 1.165) is 72.7 Å². The number of carbonyl (C=O) groups excluding carboxylic acids is 1. The molecular formula is C33H41N7O. The SMILES string of the molecule is CCCN1Cc2[nH]c(-c3n[nH]c4cc(-c5cc(C)c(C)cc5CC)ccc34)nc2C[C@H]1C(=O)N1C[C@@H]2C[C@H]1CN2C. The van der Waals surface area contributed by atoms with E-state index in [4.69, 9.17) is 10.1 Å². The second kappa shape index (κ2) is 10.1. The number of carbonyl (C=O) groups is 1. The molecule has 214 valence electrons. The first-order chi connectivity index (χ1) is 19.8. The summed E-state index contributed by atoms with van der Waals surface area (Å²) in [6.45, 7) is 12.2. The average Bonchev–Trinajstić information content (AvgIpc) is 3.75. The smallest absolute Gasteiger partial charge is 0.240 e. The summed E-state index contributed by atoms with van der Waals surface area (Å²) < 4.78 is 0. The fraction of sp³-hybridized carbons (Fsp3) is 0.485. The summed E-state index contributed by atoms with van der Waals surface area (Å²) in [5, 5.41) is 9.03. The molecule has 8 nitrogen and oxygen atoms in total. The van der Waals surface area contributed by atoms with Gasteiger partial charge in [0.1, 0.15) is 5.69 Å². The Kier molecular flexibility index (Phi) is 6.51. The van der Waals surface area contributed by atoms with E-state index in [-0.39, 0.29) is 11.9 Å². The first-order valence-corrected chi connectivity index (χ1v) is 15.3. The number of aryl methyl sites for hydroxylation is 3.